The first-order chi connectivity index (χ1) is 9.20. The highest BCUT2D eigenvalue weighted by Gasteiger charge is 2.28. The van der Waals surface area contributed by atoms with Gasteiger partial charge in [-0.2, -0.15) is 4.31 Å². The van der Waals surface area contributed by atoms with Crippen molar-refractivity contribution in [3.63, 3.8) is 0 Å². The zero-order chi connectivity index (χ0) is 15.5. The highest BCUT2D eigenvalue weighted by atomic mass is 32.2. The fraction of sp³-hybridized carbons (Fsp3) is 0.417. The lowest BCUT2D eigenvalue weighted by Crippen LogP contribution is -2.40. The molecule has 0 atom stereocenters. The molecule has 0 aliphatic rings. The van der Waals surface area contributed by atoms with E-state index in [1.54, 1.807) is 6.92 Å². The fourth-order valence-corrected chi connectivity index (χ4v) is 3.06. The Morgan fingerprint density at radius 2 is 1.95 bits per heavy atom. The molecular formula is C12H18FN3O3S. The molecule has 0 unspecified atom stereocenters. The number of likely N-dealkylation sites (N-methyl/N-ethyl adjacent to an activating group) is 2. The number of hydrogen-bond donors (Lipinski definition) is 1. The van der Waals surface area contributed by atoms with Crippen LogP contribution in [0.15, 0.2) is 23.1 Å². The Kier molecular flexibility index (Phi) is 5.07. The van der Waals surface area contributed by atoms with E-state index in [-0.39, 0.29) is 29.6 Å². The van der Waals surface area contributed by atoms with Crippen molar-refractivity contribution in [1.29, 1.82) is 0 Å². The number of carbonyl (C=O) groups is 1. The maximum atomic E-state index is 13.2. The second-order valence-electron chi connectivity index (χ2n) is 4.40. The summed E-state index contributed by atoms with van der Waals surface area (Å²) in [5, 5.41) is 0. The third-order valence-corrected chi connectivity index (χ3v) is 4.73. The van der Waals surface area contributed by atoms with Gasteiger partial charge in [0.05, 0.1) is 12.2 Å². The van der Waals surface area contributed by atoms with E-state index in [2.05, 4.69) is 0 Å². The summed E-state index contributed by atoms with van der Waals surface area (Å²) < 4.78 is 39.0. The van der Waals surface area contributed by atoms with Crippen molar-refractivity contribution in [2.45, 2.75) is 11.8 Å². The number of anilines is 1. The highest BCUT2D eigenvalue weighted by molar-refractivity contribution is 7.89. The van der Waals surface area contributed by atoms with Crippen LogP contribution in [0.2, 0.25) is 0 Å². The largest absolute Gasteiger partial charge is 0.398 e. The molecule has 0 saturated carbocycles. The van der Waals surface area contributed by atoms with E-state index >= 15 is 0 Å². The lowest BCUT2D eigenvalue weighted by atomic mass is 10.3. The Morgan fingerprint density at radius 1 is 1.35 bits per heavy atom. The zero-order valence-corrected chi connectivity index (χ0v) is 12.4. The topological polar surface area (TPSA) is 83.7 Å². The van der Waals surface area contributed by atoms with Crippen LogP contribution in [0.1, 0.15) is 6.92 Å². The van der Waals surface area contributed by atoms with Crippen LogP contribution in [-0.2, 0) is 14.8 Å². The predicted molar refractivity (Wildman–Crippen MR) is 73.9 cm³/mol. The predicted octanol–water partition coefficient (Wildman–Crippen LogP) is 0.507. The van der Waals surface area contributed by atoms with Gasteiger partial charge >= 0.3 is 0 Å². The van der Waals surface area contributed by atoms with Crippen LogP contribution in [0.25, 0.3) is 0 Å². The van der Waals surface area contributed by atoms with E-state index < -0.39 is 15.8 Å². The van der Waals surface area contributed by atoms with Crippen LogP contribution in [-0.4, -0.2) is 50.7 Å². The molecule has 1 rings (SSSR count). The minimum atomic E-state index is -4.01. The van der Waals surface area contributed by atoms with Gasteiger partial charge in [0.15, 0.2) is 0 Å². The molecule has 0 aromatic heterocycles. The third-order valence-electron chi connectivity index (χ3n) is 2.76. The second-order valence-corrected chi connectivity index (χ2v) is 6.31. The maximum absolute atomic E-state index is 13.2. The van der Waals surface area contributed by atoms with E-state index in [0.717, 1.165) is 16.4 Å². The summed E-state index contributed by atoms with van der Waals surface area (Å²) in [7, 11) is -0.958. The van der Waals surface area contributed by atoms with Crippen LogP contribution in [0.4, 0.5) is 10.1 Å². The van der Waals surface area contributed by atoms with Gasteiger partial charge < -0.3 is 10.6 Å². The van der Waals surface area contributed by atoms with Gasteiger partial charge in [0.1, 0.15) is 10.7 Å². The molecule has 0 radical (unpaired) electrons. The third kappa shape index (κ3) is 3.45. The van der Waals surface area contributed by atoms with Gasteiger partial charge in [-0.25, -0.2) is 12.8 Å². The van der Waals surface area contributed by atoms with Crippen LogP contribution in [0.5, 0.6) is 0 Å². The standard InChI is InChI=1S/C12H18FN3O3S/c1-4-16(8-12(17)15(2)3)20(18,19)11-7-9(13)5-6-10(11)14/h5-7H,4,8,14H2,1-3H3. The van der Waals surface area contributed by atoms with Crippen molar-refractivity contribution < 1.29 is 17.6 Å². The first-order valence-corrected chi connectivity index (χ1v) is 7.39. The van der Waals surface area contributed by atoms with E-state index in [4.69, 9.17) is 5.73 Å². The number of hydrogen-bond acceptors (Lipinski definition) is 4. The average molecular weight is 303 g/mol. The number of amides is 1. The summed E-state index contributed by atoms with van der Waals surface area (Å²) in [5.74, 6) is -1.07. The minimum Gasteiger partial charge on any atom is -0.398 e. The number of carbonyl (C=O) groups excluding carboxylic acids is 1. The molecule has 0 bridgehead atoms. The van der Waals surface area contributed by atoms with Crippen LogP contribution in [0, 0.1) is 5.82 Å². The molecule has 112 valence electrons. The molecule has 0 fully saturated rings. The smallest absolute Gasteiger partial charge is 0.245 e. The molecule has 20 heavy (non-hydrogen) atoms. The Balaban J connectivity index is 3.19. The molecule has 0 saturated heterocycles. The Bertz CT molecular complexity index is 602. The van der Waals surface area contributed by atoms with Gasteiger partial charge in [-0.15, -0.1) is 0 Å². The number of rotatable bonds is 5. The van der Waals surface area contributed by atoms with Gasteiger partial charge in [0.25, 0.3) is 0 Å². The van der Waals surface area contributed by atoms with E-state index in [9.17, 15) is 17.6 Å². The van der Waals surface area contributed by atoms with Crippen LogP contribution < -0.4 is 5.73 Å². The molecular weight excluding hydrogens is 285 g/mol. The molecule has 0 spiro atoms. The summed E-state index contributed by atoms with van der Waals surface area (Å²) in [6, 6.07) is 3.12. The summed E-state index contributed by atoms with van der Waals surface area (Å²) in [4.78, 5) is 12.6. The molecule has 1 aromatic carbocycles. The molecule has 1 amide bonds. The first kappa shape index (κ1) is 16.4. The Morgan fingerprint density at radius 3 is 2.45 bits per heavy atom. The second kappa shape index (κ2) is 6.19. The monoisotopic (exact) mass is 303 g/mol. The van der Waals surface area contributed by atoms with Crippen LogP contribution in [0.3, 0.4) is 0 Å². The molecule has 0 aliphatic heterocycles. The van der Waals surface area contributed by atoms with Crippen molar-refractivity contribution in [2.24, 2.45) is 0 Å². The maximum Gasteiger partial charge on any atom is 0.245 e. The number of sulfonamides is 1. The van der Waals surface area contributed by atoms with E-state index in [1.807, 2.05) is 0 Å². The van der Waals surface area contributed by atoms with Crippen molar-refractivity contribution in [3.8, 4) is 0 Å². The van der Waals surface area contributed by atoms with Gasteiger partial charge in [0, 0.05) is 20.6 Å². The Hall–Kier alpha value is -1.67. The van der Waals surface area contributed by atoms with Crippen molar-refractivity contribution in [3.05, 3.63) is 24.0 Å². The normalized spacial score (nSPS) is 11.7. The summed E-state index contributed by atoms with van der Waals surface area (Å²) in [5.41, 5.74) is 5.54. The summed E-state index contributed by atoms with van der Waals surface area (Å²) in [6.07, 6.45) is 0. The van der Waals surface area contributed by atoms with Crippen molar-refractivity contribution in [1.82, 2.24) is 9.21 Å². The van der Waals surface area contributed by atoms with Gasteiger partial charge in [-0.05, 0) is 18.2 Å². The number of nitrogens with two attached hydrogens (primary N) is 1. The molecule has 0 aliphatic carbocycles. The number of nitrogens with zero attached hydrogens (tertiary/aromatic N) is 2. The fourth-order valence-electron chi connectivity index (χ4n) is 1.53. The quantitative estimate of drug-likeness (QED) is 0.803. The van der Waals surface area contributed by atoms with Gasteiger partial charge in [0.2, 0.25) is 15.9 Å². The average Bonchev–Trinajstić information content (AvgIpc) is 2.37. The number of nitrogen functional groups attached to an aromatic ring is 1. The number of benzene rings is 1. The molecule has 2 N–H and O–H groups in total. The highest BCUT2D eigenvalue weighted by Crippen LogP contribution is 2.23. The SMILES string of the molecule is CCN(CC(=O)N(C)C)S(=O)(=O)c1cc(F)ccc1N. The molecule has 6 nitrogen and oxygen atoms in total. The molecule has 1 aromatic rings. The summed E-state index contributed by atoms with van der Waals surface area (Å²) in [6.45, 7) is 1.36. The van der Waals surface area contributed by atoms with E-state index in [1.165, 1.54) is 25.1 Å². The van der Waals surface area contributed by atoms with Gasteiger partial charge in [-0.1, -0.05) is 6.92 Å². The molecule has 0 heterocycles. The van der Waals surface area contributed by atoms with Crippen molar-refractivity contribution in [2.75, 3.05) is 32.9 Å². The Labute approximate surface area is 118 Å². The summed E-state index contributed by atoms with van der Waals surface area (Å²) >= 11 is 0. The van der Waals surface area contributed by atoms with Gasteiger partial charge in [-0.3, -0.25) is 4.79 Å². The van der Waals surface area contributed by atoms with Crippen LogP contribution >= 0.6 is 0 Å². The first-order valence-electron chi connectivity index (χ1n) is 5.95. The lowest BCUT2D eigenvalue weighted by molar-refractivity contribution is -0.128. The van der Waals surface area contributed by atoms with Crippen molar-refractivity contribution >= 4 is 21.6 Å². The number of halogens is 1. The minimum absolute atomic E-state index is 0.0536. The lowest BCUT2D eigenvalue weighted by Gasteiger charge is -2.22. The molecule has 8 heteroatoms. The zero-order valence-electron chi connectivity index (χ0n) is 11.6. The van der Waals surface area contributed by atoms with E-state index in [0.29, 0.717) is 0 Å².